The minimum absolute atomic E-state index is 0.00429. The number of rotatable bonds is 4. The lowest BCUT2D eigenvalue weighted by atomic mass is 9.96. The van der Waals surface area contributed by atoms with E-state index in [1.165, 1.54) is 6.42 Å². The van der Waals surface area contributed by atoms with E-state index in [2.05, 4.69) is 31.0 Å². The standard InChI is InChI=1S/C27H32N6O/c1-18-10-12-31(16-18)26-20(3)17-33-25(29-26)14-23(30-33)24-9-4-5-11-32(24)27(34)22-8-6-7-21(13-22)19(2)15-28/h6-8,13-14,17-19,24H,4-5,9-12,16H2,1-3H3/t18-,19?,24-/m0/s1. The molecule has 0 spiro atoms. The van der Waals surface area contributed by atoms with Crippen LogP contribution in [0.5, 0.6) is 0 Å². The molecular formula is C27H32N6O. The van der Waals surface area contributed by atoms with Crippen LogP contribution in [0.15, 0.2) is 36.5 Å². The summed E-state index contributed by atoms with van der Waals surface area (Å²) >= 11 is 0. The molecule has 2 saturated heterocycles. The summed E-state index contributed by atoms with van der Waals surface area (Å²) in [6, 6.07) is 11.7. The van der Waals surface area contributed by atoms with Crippen molar-refractivity contribution < 1.29 is 4.79 Å². The number of aryl methyl sites for hydroxylation is 1. The van der Waals surface area contributed by atoms with E-state index in [1.54, 1.807) is 0 Å². The molecule has 34 heavy (non-hydrogen) atoms. The number of carbonyl (C=O) groups excluding carboxylic acids is 1. The van der Waals surface area contributed by atoms with E-state index in [0.29, 0.717) is 18.0 Å². The number of hydrogen-bond acceptors (Lipinski definition) is 5. The quantitative estimate of drug-likeness (QED) is 0.559. The van der Waals surface area contributed by atoms with Gasteiger partial charge in [0.1, 0.15) is 5.82 Å². The molecule has 2 aromatic heterocycles. The first-order valence-corrected chi connectivity index (χ1v) is 12.4. The molecule has 0 N–H and O–H groups in total. The molecule has 3 aromatic rings. The number of hydrogen-bond donors (Lipinski definition) is 0. The zero-order valence-electron chi connectivity index (χ0n) is 20.2. The Morgan fingerprint density at radius 2 is 2.06 bits per heavy atom. The van der Waals surface area contributed by atoms with Crippen molar-refractivity contribution in [3.05, 3.63) is 58.9 Å². The molecule has 1 amide bonds. The fourth-order valence-corrected chi connectivity index (χ4v) is 5.29. The number of amides is 1. The molecule has 5 rings (SSSR count). The van der Waals surface area contributed by atoms with Gasteiger partial charge >= 0.3 is 0 Å². The Labute approximate surface area is 201 Å². The number of benzene rings is 1. The second-order valence-electron chi connectivity index (χ2n) is 9.95. The zero-order valence-corrected chi connectivity index (χ0v) is 20.2. The van der Waals surface area contributed by atoms with Gasteiger partial charge in [0.25, 0.3) is 5.91 Å². The van der Waals surface area contributed by atoms with Crippen LogP contribution in [-0.4, -0.2) is 45.0 Å². The third-order valence-electron chi connectivity index (χ3n) is 7.28. The van der Waals surface area contributed by atoms with Crippen molar-refractivity contribution >= 4 is 17.4 Å². The van der Waals surface area contributed by atoms with Gasteiger partial charge in [-0.05, 0) is 63.1 Å². The normalized spacial score (nSPS) is 21.6. The SMILES string of the molecule is Cc1cn2nc([C@@H]3CCCCN3C(=O)c3cccc(C(C)C#N)c3)cc2nc1N1CC[C@H](C)C1. The van der Waals surface area contributed by atoms with Crippen molar-refractivity contribution in [1.29, 1.82) is 5.26 Å². The molecule has 3 atom stereocenters. The van der Waals surface area contributed by atoms with Gasteiger partial charge in [0.05, 0.1) is 23.7 Å². The molecule has 176 valence electrons. The molecular weight excluding hydrogens is 424 g/mol. The molecule has 0 radical (unpaired) electrons. The van der Waals surface area contributed by atoms with Crippen molar-refractivity contribution in [1.82, 2.24) is 19.5 Å². The largest absolute Gasteiger partial charge is 0.356 e. The van der Waals surface area contributed by atoms with Gasteiger partial charge < -0.3 is 9.80 Å². The van der Waals surface area contributed by atoms with Gasteiger partial charge in [-0.1, -0.05) is 19.1 Å². The van der Waals surface area contributed by atoms with Gasteiger partial charge in [-0.3, -0.25) is 4.79 Å². The number of fused-ring (bicyclic) bond motifs is 1. The maximum Gasteiger partial charge on any atom is 0.254 e. The maximum absolute atomic E-state index is 13.6. The summed E-state index contributed by atoms with van der Waals surface area (Å²) in [5, 5.41) is 14.1. The van der Waals surface area contributed by atoms with E-state index in [9.17, 15) is 10.1 Å². The Morgan fingerprint density at radius 1 is 1.21 bits per heavy atom. The van der Waals surface area contributed by atoms with Crippen LogP contribution in [-0.2, 0) is 0 Å². The van der Waals surface area contributed by atoms with Crippen molar-refractivity contribution in [3.8, 4) is 6.07 Å². The second-order valence-corrected chi connectivity index (χ2v) is 9.95. The number of carbonyl (C=O) groups is 1. The van der Waals surface area contributed by atoms with Gasteiger partial charge in [0.15, 0.2) is 5.65 Å². The zero-order chi connectivity index (χ0) is 23.8. The van der Waals surface area contributed by atoms with Crippen LogP contribution in [0.4, 0.5) is 5.82 Å². The number of anilines is 1. The summed E-state index contributed by atoms with van der Waals surface area (Å²) in [5.74, 6) is 1.49. The second kappa shape index (κ2) is 9.09. The Morgan fingerprint density at radius 3 is 2.82 bits per heavy atom. The van der Waals surface area contributed by atoms with Crippen LogP contribution < -0.4 is 4.90 Å². The molecule has 0 aliphatic carbocycles. The first kappa shape index (κ1) is 22.4. The topological polar surface area (TPSA) is 77.5 Å². The highest BCUT2D eigenvalue weighted by molar-refractivity contribution is 5.94. The number of nitrogens with zero attached hydrogens (tertiary/aromatic N) is 6. The van der Waals surface area contributed by atoms with E-state index in [0.717, 1.165) is 60.6 Å². The number of piperidine rings is 1. The van der Waals surface area contributed by atoms with Crippen molar-refractivity contribution in [3.63, 3.8) is 0 Å². The average Bonchev–Trinajstić information content (AvgIpc) is 3.48. The molecule has 0 bridgehead atoms. The molecule has 2 fully saturated rings. The Balaban J connectivity index is 1.45. The molecule has 7 nitrogen and oxygen atoms in total. The van der Waals surface area contributed by atoms with Gasteiger partial charge in [-0.25, -0.2) is 9.50 Å². The number of likely N-dealkylation sites (tertiary alicyclic amines) is 1. The van der Waals surface area contributed by atoms with Crippen LogP contribution in [0.3, 0.4) is 0 Å². The summed E-state index contributed by atoms with van der Waals surface area (Å²) in [4.78, 5) is 22.9. The molecule has 7 heteroatoms. The van der Waals surface area contributed by atoms with Crippen molar-refractivity contribution in [2.75, 3.05) is 24.5 Å². The summed E-state index contributed by atoms with van der Waals surface area (Å²) in [7, 11) is 0. The minimum atomic E-state index is -0.245. The summed E-state index contributed by atoms with van der Waals surface area (Å²) < 4.78 is 1.86. The first-order valence-electron chi connectivity index (χ1n) is 12.4. The minimum Gasteiger partial charge on any atom is -0.356 e. The van der Waals surface area contributed by atoms with Crippen molar-refractivity contribution in [2.24, 2.45) is 5.92 Å². The third kappa shape index (κ3) is 4.13. The smallest absolute Gasteiger partial charge is 0.254 e. The molecule has 0 saturated carbocycles. The highest BCUT2D eigenvalue weighted by atomic mass is 16.2. The molecule has 1 aromatic carbocycles. The van der Waals surface area contributed by atoms with Crippen LogP contribution in [0, 0.1) is 24.2 Å². The van der Waals surface area contributed by atoms with Crippen LogP contribution >= 0.6 is 0 Å². The summed E-state index contributed by atoms with van der Waals surface area (Å²) in [6.07, 6.45) is 6.20. The maximum atomic E-state index is 13.6. The predicted molar refractivity (Wildman–Crippen MR) is 132 cm³/mol. The average molecular weight is 457 g/mol. The van der Waals surface area contributed by atoms with E-state index in [1.807, 2.05) is 46.7 Å². The highest BCUT2D eigenvalue weighted by Gasteiger charge is 2.31. The lowest BCUT2D eigenvalue weighted by molar-refractivity contribution is 0.0605. The molecule has 2 aliphatic rings. The summed E-state index contributed by atoms with van der Waals surface area (Å²) in [5.41, 5.74) is 4.36. The fraction of sp³-hybridized carbons (Fsp3) is 0.481. The molecule has 2 aliphatic heterocycles. The molecule has 4 heterocycles. The van der Waals surface area contributed by atoms with Gasteiger partial charge in [-0.15, -0.1) is 0 Å². The fourth-order valence-electron chi connectivity index (χ4n) is 5.29. The van der Waals surface area contributed by atoms with Crippen LogP contribution in [0.25, 0.3) is 5.65 Å². The Hall–Kier alpha value is -3.40. The third-order valence-corrected chi connectivity index (χ3v) is 7.28. The van der Waals surface area contributed by atoms with Crippen LogP contribution in [0.1, 0.15) is 78.7 Å². The van der Waals surface area contributed by atoms with Crippen molar-refractivity contribution in [2.45, 2.75) is 58.4 Å². The van der Waals surface area contributed by atoms with E-state index < -0.39 is 0 Å². The summed E-state index contributed by atoms with van der Waals surface area (Å²) in [6.45, 7) is 9.03. The van der Waals surface area contributed by atoms with E-state index in [4.69, 9.17) is 10.1 Å². The van der Waals surface area contributed by atoms with Gasteiger partial charge in [0.2, 0.25) is 0 Å². The van der Waals surface area contributed by atoms with Gasteiger partial charge in [0, 0.05) is 43.0 Å². The van der Waals surface area contributed by atoms with E-state index >= 15 is 0 Å². The number of nitriles is 1. The highest BCUT2D eigenvalue weighted by Crippen LogP contribution is 2.33. The van der Waals surface area contributed by atoms with Crippen LogP contribution in [0.2, 0.25) is 0 Å². The predicted octanol–water partition coefficient (Wildman–Crippen LogP) is 4.88. The lowest BCUT2D eigenvalue weighted by Gasteiger charge is -2.35. The Kier molecular flexibility index (Phi) is 5.99. The molecule has 1 unspecified atom stereocenters. The van der Waals surface area contributed by atoms with E-state index in [-0.39, 0.29) is 17.9 Å². The first-order chi connectivity index (χ1) is 16.4. The monoisotopic (exact) mass is 456 g/mol. The van der Waals surface area contributed by atoms with Gasteiger partial charge in [-0.2, -0.15) is 10.4 Å². The Bertz CT molecular complexity index is 1260. The number of aromatic nitrogens is 3. The lowest BCUT2D eigenvalue weighted by Crippen LogP contribution is -2.38.